The number of esters is 3. The van der Waals surface area contributed by atoms with E-state index in [-0.39, 0.29) is 19.3 Å². The molecule has 0 radical (unpaired) electrons. The summed E-state index contributed by atoms with van der Waals surface area (Å²) in [7, 11) is -9.82. The van der Waals surface area contributed by atoms with Gasteiger partial charge in [0, 0.05) is 19.3 Å². The Kier molecular flexibility index (Phi) is 80.0. The zero-order chi connectivity index (χ0) is 80.8. The average molecular weight is 1590 g/mol. The number of carbonyl (C=O) groups is 3. The van der Waals surface area contributed by atoms with Crippen LogP contribution in [-0.4, -0.2) is 95.9 Å². The second-order valence-corrected chi connectivity index (χ2v) is 31.1. The minimum Gasteiger partial charge on any atom is -0.463 e. The van der Waals surface area contributed by atoms with E-state index in [2.05, 4.69) is 203 Å². The van der Waals surface area contributed by atoms with Gasteiger partial charge >= 0.3 is 33.6 Å². The van der Waals surface area contributed by atoms with Crippen molar-refractivity contribution in [3.63, 3.8) is 0 Å². The summed E-state index contributed by atoms with van der Waals surface area (Å²) < 4.78 is 61.3. The van der Waals surface area contributed by atoms with Crippen LogP contribution < -0.4 is 0 Å². The molecule has 0 bridgehead atoms. The molecule has 0 aliphatic heterocycles. The van der Waals surface area contributed by atoms with E-state index in [4.69, 9.17) is 32.3 Å². The van der Waals surface area contributed by atoms with E-state index >= 15 is 0 Å². The first-order valence-corrected chi connectivity index (χ1v) is 46.1. The fourth-order valence-corrected chi connectivity index (χ4v) is 12.8. The Balaban J connectivity index is 4.57. The largest absolute Gasteiger partial charge is 0.472 e. The van der Waals surface area contributed by atoms with E-state index in [0.29, 0.717) is 19.3 Å². The van der Waals surface area contributed by atoms with Crippen molar-refractivity contribution in [1.29, 1.82) is 0 Å². The van der Waals surface area contributed by atoms with Crippen LogP contribution in [0.3, 0.4) is 0 Å². The number of ether oxygens (including phenoxy) is 3. The Bertz CT molecular complexity index is 2750. The lowest BCUT2D eigenvalue weighted by atomic mass is 10.0. The quantitative estimate of drug-likeness (QED) is 0.0146. The second-order valence-electron chi connectivity index (χ2n) is 28.2. The summed E-state index contributed by atoms with van der Waals surface area (Å²) in [4.78, 5) is 58.8. The van der Waals surface area contributed by atoms with Crippen LogP contribution in [0.5, 0.6) is 0 Å². The first-order valence-electron chi connectivity index (χ1n) is 43.1. The molecule has 0 aliphatic rings. The molecule has 0 rings (SSSR count). The molecule has 0 aromatic rings. The summed E-state index contributed by atoms with van der Waals surface area (Å²) in [6.45, 7) is 2.32. The molecule has 4 N–H and O–H groups in total. The van der Waals surface area contributed by atoms with Gasteiger partial charge < -0.3 is 34.2 Å². The lowest BCUT2D eigenvalue weighted by Gasteiger charge is -2.21. The third-order valence-corrected chi connectivity index (χ3v) is 19.5. The molecule has 111 heavy (non-hydrogen) atoms. The van der Waals surface area contributed by atoms with Crippen LogP contribution >= 0.6 is 15.6 Å². The van der Waals surface area contributed by atoms with Gasteiger partial charge in [0.15, 0.2) is 6.10 Å². The number of phosphoric ester groups is 2. The van der Waals surface area contributed by atoms with Crippen molar-refractivity contribution in [2.75, 3.05) is 39.6 Å². The first kappa shape index (κ1) is 106. The third kappa shape index (κ3) is 85.4. The minimum absolute atomic E-state index is 0.0708. The highest BCUT2D eigenvalue weighted by Gasteiger charge is 2.29. The zero-order valence-corrected chi connectivity index (χ0v) is 71.1. The highest BCUT2D eigenvalue weighted by atomic mass is 31.2. The Morgan fingerprint density at radius 3 is 0.712 bits per heavy atom. The monoisotopic (exact) mass is 1590 g/mol. The van der Waals surface area contributed by atoms with Gasteiger partial charge in [-0.3, -0.25) is 32.5 Å². The van der Waals surface area contributed by atoms with Crippen molar-refractivity contribution in [1.82, 2.24) is 0 Å². The third-order valence-electron chi connectivity index (χ3n) is 17.6. The van der Waals surface area contributed by atoms with E-state index < -0.39 is 91.5 Å². The molecular formula is C93H154O16P2. The molecule has 0 aliphatic carbocycles. The number of unbranched alkanes of at least 4 members (excludes halogenated alkanes) is 27. The molecule has 18 heteroatoms. The predicted molar refractivity (Wildman–Crippen MR) is 463 cm³/mol. The zero-order valence-electron chi connectivity index (χ0n) is 69.3. The van der Waals surface area contributed by atoms with Crippen LogP contribution in [0.15, 0.2) is 182 Å². The molecule has 0 amide bonds. The Morgan fingerprint density at radius 1 is 0.252 bits per heavy atom. The lowest BCUT2D eigenvalue weighted by molar-refractivity contribution is -0.161. The molecule has 5 unspecified atom stereocenters. The van der Waals surface area contributed by atoms with Crippen molar-refractivity contribution in [3.05, 3.63) is 182 Å². The fourth-order valence-electron chi connectivity index (χ4n) is 11.2. The summed E-state index contributed by atoms with van der Waals surface area (Å²) in [5.74, 6) is -1.61. The van der Waals surface area contributed by atoms with Gasteiger partial charge in [-0.2, -0.15) is 0 Å². The molecule has 5 atom stereocenters. The van der Waals surface area contributed by atoms with Crippen LogP contribution in [0.2, 0.25) is 0 Å². The van der Waals surface area contributed by atoms with E-state index in [0.717, 1.165) is 180 Å². The molecule has 16 nitrogen and oxygen atoms in total. The second kappa shape index (κ2) is 84.1. The van der Waals surface area contributed by atoms with Gasteiger partial charge in [-0.25, -0.2) is 9.13 Å². The summed E-state index contributed by atoms with van der Waals surface area (Å²) in [6.07, 6.45) is 109. The Hall–Kier alpha value is -5.35. The molecule has 0 aromatic carbocycles. The Labute approximate surface area is 675 Å². The number of aliphatic hydroxyl groups is 2. The van der Waals surface area contributed by atoms with Crippen LogP contribution in [0.25, 0.3) is 0 Å². The average Bonchev–Trinajstić information content (AvgIpc) is 0.900. The predicted octanol–water partition coefficient (Wildman–Crippen LogP) is 26.1. The Morgan fingerprint density at radius 2 is 0.450 bits per heavy atom. The van der Waals surface area contributed by atoms with E-state index in [1.165, 1.54) is 89.9 Å². The maximum absolute atomic E-state index is 13.0. The summed E-state index contributed by atoms with van der Waals surface area (Å²) >= 11 is 0. The van der Waals surface area contributed by atoms with Crippen molar-refractivity contribution in [2.24, 2.45) is 0 Å². The van der Waals surface area contributed by atoms with Gasteiger partial charge in [0.1, 0.15) is 25.4 Å². The summed E-state index contributed by atoms with van der Waals surface area (Å²) in [5, 5.41) is 20.7. The number of hydrogen-bond acceptors (Lipinski definition) is 14. The standard InChI is InChI=1S/C93H154O16P2/c1-4-7-10-13-16-19-22-25-28-31-33-35-37-39-41-42-43-44-46-48-49-51-53-56-58-61-64-67-70-73-76-79-91(96)103-82-88(94)83-105-110(99,100)106-84-89(95)85-107-111(101,102)108-87-90(109-93(98)81-78-75-72-69-66-63-60-55-30-27-24-21-18-15-12-9-6-3)86-104-92(97)80-77-74-71-68-65-62-59-57-54-52-50-47-45-40-38-36-34-32-29-26-23-20-17-14-11-8-5-2/h7-12,16-21,25-30,33-36,39-41,43-45,60,63,88-90,94-95H,4-6,13-15,22-24,31-32,37-38,42,46-59,61-62,64-87H2,1-3H3,(H,99,100)(H,101,102)/b10-7-,11-8-,12-9-,19-16-,20-17-,21-18-,28-25-,29-26-,30-27-,35-33-,36-34-,41-39-,44-43-,45-40-,63-60-. The first-order chi connectivity index (χ1) is 54.2. The number of phosphoric acid groups is 2. The van der Waals surface area contributed by atoms with Gasteiger partial charge in [-0.05, 0) is 154 Å². The number of rotatable bonds is 80. The maximum Gasteiger partial charge on any atom is 0.472 e. The number of aliphatic hydroxyl groups excluding tert-OH is 2. The van der Waals surface area contributed by atoms with Gasteiger partial charge in [-0.15, -0.1) is 0 Å². The topological polar surface area (TPSA) is 231 Å². The van der Waals surface area contributed by atoms with E-state index in [9.17, 15) is 43.5 Å². The van der Waals surface area contributed by atoms with Crippen LogP contribution in [-0.2, 0) is 55.8 Å². The van der Waals surface area contributed by atoms with Gasteiger partial charge in [0.2, 0.25) is 0 Å². The van der Waals surface area contributed by atoms with Gasteiger partial charge in [-0.1, -0.05) is 338 Å². The highest BCUT2D eigenvalue weighted by Crippen LogP contribution is 2.45. The van der Waals surface area contributed by atoms with Crippen LogP contribution in [0, 0.1) is 0 Å². The highest BCUT2D eigenvalue weighted by molar-refractivity contribution is 7.47. The number of allylic oxidation sites excluding steroid dienone is 30. The number of carbonyl (C=O) groups excluding carboxylic acids is 3. The van der Waals surface area contributed by atoms with Crippen molar-refractivity contribution >= 4 is 33.6 Å². The molecule has 0 aromatic heterocycles. The van der Waals surface area contributed by atoms with Crippen molar-refractivity contribution in [2.45, 2.75) is 347 Å². The lowest BCUT2D eigenvalue weighted by Crippen LogP contribution is -2.30. The molecular weight excluding hydrogens is 1430 g/mol. The maximum atomic E-state index is 13.0. The summed E-state index contributed by atoms with van der Waals surface area (Å²) in [6, 6.07) is 0. The smallest absolute Gasteiger partial charge is 0.463 e. The summed E-state index contributed by atoms with van der Waals surface area (Å²) in [5.41, 5.74) is 0. The molecule has 0 fully saturated rings. The van der Waals surface area contributed by atoms with Crippen LogP contribution in [0.4, 0.5) is 0 Å². The van der Waals surface area contributed by atoms with Gasteiger partial charge in [0.05, 0.1) is 26.4 Å². The molecule has 632 valence electrons. The van der Waals surface area contributed by atoms with E-state index in [1.807, 2.05) is 0 Å². The fraction of sp³-hybridized carbons (Fsp3) is 0.645. The molecule has 0 spiro atoms. The molecule has 0 heterocycles. The normalized spacial score (nSPS) is 14.8. The van der Waals surface area contributed by atoms with Crippen molar-refractivity contribution in [3.8, 4) is 0 Å². The van der Waals surface area contributed by atoms with Crippen molar-refractivity contribution < 1.29 is 75.8 Å². The van der Waals surface area contributed by atoms with Crippen LogP contribution in [0.1, 0.15) is 329 Å². The SMILES string of the molecule is CC/C=C\C/C=C\C/C=C\C/C=C\C/C=C\C/C=C\CCCCCCCCCCCCCCC(=O)OCC(O)COP(=O)(O)OCC(O)COP(=O)(O)OCC(COC(=O)CCCCCCCCCCCCC/C=C\C/C=C\C/C=C\C/C=C\C/C=C\CC)OC(=O)CCCCCC/C=C\C/C=C\C/C=C\C/C=C\CC. The minimum atomic E-state index is -4.95. The van der Waals surface area contributed by atoms with Gasteiger partial charge in [0.25, 0.3) is 0 Å². The molecule has 0 saturated heterocycles. The number of hydrogen-bond donors (Lipinski definition) is 4. The molecule has 0 saturated carbocycles. The van der Waals surface area contributed by atoms with E-state index in [1.54, 1.807) is 0 Å².